The molecule has 0 atom stereocenters. The highest BCUT2D eigenvalue weighted by molar-refractivity contribution is 5.99. The molecule has 7 heterocycles. The summed E-state index contributed by atoms with van der Waals surface area (Å²) in [5, 5.41) is 12.1. The zero-order valence-corrected chi connectivity index (χ0v) is 32.7. The molecule has 14 heteroatoms. The molecule has 7 aromatic rings. The van der Waals surface area contributed by atoms with Gasteiger partial charge < -0.3 is 34.6 Å². The summed E-state index contributed by atoms with van der Waals surface area (Å²) in [6.07, 6.45) is 15.9. The van der Waals surface area contributed by atoms with Gasteiger partial charge >= 0.3 is 0 Å². The molecule has 296 valence electrons. The number of nitriles is 1. The van der Waals surface area contributed by atoms with Crippen LogP contribution in [0.15, 0.2) is 79.6 Å². The Morgan fingerprint density at radius 3 is 1.88 bits per heavy atom. The molecule has 2 spiro atoms. The molecule has 3 aliphatic carbocycles. The molecule has 4 fully saturated rings. The first-order valence-corrected chi connectivity index (χ1v) is 20.8. The lowest BCUT2D eigenvalue weighted by atomic mass is 9.90. The van der Waals surface area contributed by atoms with Crippen molar-refractivity contribution >= 4 is 56.4 Å². The zero-order chi connectivity index (χ0) is 39.7. The Morgan fingerprint density at radius 2 is 1.27 bits per heavy atom. The maximum Gasteiger partial charge on any atom is 0.270 e. The first-order valence-electron chi connectivity index (χ1n) is 20.8. The summed E-state index contributed by atoms with van der Waals surface area (Å²) < 4.78 is 0. The molecule has 5 aromatic heterocycles. The Bertz CT molecular complexity index is 2820. The molecular weight excluding hydrogens is 741 g/mol. The van der Waals surface area contributed by atoms with Crippen molar-refractivity contribution in [3.8, 4) is 6.07 Å². The summed E-state index contributed by atoms with van der Waals surface area (Å²) >= 11 is 0. The summed E-state index contributed by atoms with van der Waals surface area (Å²) in [4.78, 5) is 62.8. The average Bonchev–Trinajstić information content (AvgIpc) is 3.95. The summed E-state index contributed by atoms with van der Waals surface area (Å²) in [7, 11) is 0. The number of aryl methyl sites for hydroxylation is 2. The number of rotatable bonds is 4. The van der Waals surface area contributed by atoms with Gasteiger partial charge in [-0.05, 0) is 111 Å². The van der Waals surface area contributed by atoms with E-state index in [2.05, 4.69) is 67.8 Å². The van der Waals surface area contributed by atoms with Crippen molar-refractivity contribution in [2.24, 2.45) is 0 Å². The second-order valence-corrected chi connectivity index (χ2v) is 16.9. The number of amides is 2. The Labute approximate surface area is 340 Å². The number of aromatic amines is 3. The Morgan fingerprint density at radius 1 is 0.661 bits per heavy atom. The molecule has 2 saturated heterocycles. The molecule has 14 nitrogen and oxygen atoms in total. The zero-order valence-electron chi connectivity index (χ0n) is 32.7. The van der Waals surface area contributed by atoms with Crippen molar-refractivity contribution in [2.45, 2.75) is 62.4 Å². The number of benzene rings is 2. The van der Waals surface area contributed by atoms with E-state index in [0.717, 1.165) is 121 Å². The Balaban J connectivity index is 0.000000135. The van der Waals surface area contributed by atoms with E-state index in [1.807, 2.05) is 53.7 Å². The lowest BCUT2D eigenvalue weighted by Gasteiger charge is -2.43. The van der Waals surface area contributed by atoms with Crippen LogP contribution in [0.3, 0.4) is 0 Å². The molecule has 2 saturated carbocycles. The van der Waals surface area contributed by atoms with E-state index < -0.39 is 0 Å². The molecular formula is C45H44N12O2. The monoisotopic (exact) mass is 784 g/mol. The third kappa shape index (κ3) is 6.14. The number of hydrogen-bond donors (Lipinski definition) is 3. The standard InChI is InChI=1S/C23H25N5O.C22H19N7O/c29-22(18-6-5-16-3-1-2-4-17(16)13-18)28-12-11-27(14-23(28)8-9-23)21-19-7-10-24-20(19)25-15-26-21;23-11-14-1-2-17-15(9-14)10-18(27-17)21(30)29-8-7-28(12-22(29)4-5-22)20-16-3-6-24-19(16)25-13-26-20/h5-7,10,13,15H,1-4,8-9,11-12,14H2,(H,24,25,26);1-3,6,9-10,13,27H,4-5,7-8,12H2,(H,24,25,26). The number of hydrogen-bond acceptors (Lipinski definition) is 9. The minimum Gasteiger partial charge on any atom is -0.352 e. The number of fused-ring (bicyclic) bond motifs is 4. The van der Waals surface area contributed by atoms with Gasteiger partial charge in [0, 0.05) is 68.1 Å². The van der Waals surface area contributed by atoms with Crippen molar-refractivity contribution in [2.75, 3.05) is 49.1 Å². The molecule has 0 radical (unpaired) electrons. The van der Waals surface area contributed by atoms with Crippen molar-refractivity contribution in [3.63, 3.8) is 0 Å². The molecule has 2 aromatic carbocycles. The van der Waals surface area contributed by atoms with Crippen LogP contribution in [0.4, 0.5) is 11.6 Å². The highest BCUT2D eigenvalue weighted by Gasteiger charge is 2.55. The highest BCUT2D eigenvalue weighted by atomic mass is 16.2. The third-order valence-electron chi connectivity index (χ3n) is 13.3. The molecule has 2 aliphatic heterocycles. The molecule has 0 unspecified atom stereocenters. The first-order chi connectivity index (χ1) is 28.9. The smallest absolute Gasteiger partial charge is 0.270 e. The summed E-state index contributed by atoms with van der Waals surface area (Å²) in [6, 6.07) is 19.9. The minimum atomic E-state index is -0.141. The number of piperazine rings is 2. The van der Waals surface area contributed by atoms with Crippen LogP contribution in [0.1, 0.15) is 76.1 Å². The van der Waals surface area contributed by atoms with Gasteiger partial charge in [-0.2, -0.15) is 5.26 Å². The van der Waals surface area contributed by atoms with Crippen LogP contribution in [-0.2, 0) is 12.8 Å². The SMILES string of the molecule is N#Cc1ccc2[nH]c(C(=O)N3CCN(c4ncnc5[nH]ccc45)CC34CC4)cc2c1.O=C(c1ccc2c(c1)CCCC2)N1CCN(c2ncnc3[nH]ccc23)CC12CC2. The van der Waals surface area contributed by atoms with Crippen LogP contribution >= 0.6 is 0 Å². The highest BCUT2D eigenvalue weighted by Crippen LogP contribution is 2.47. The van der Waals surface area contributed by atoms with Gasteiger partial charge in [0.15, 0.2) is 0 Å². The van der Waals surface area contributed by atoms with Crippen LogP contribution in [0, 0.1) is 11.3 Å². The van der Waals surface area contributed by atoms with Crippen LogP contribution < -0.4 is 9.80 Å². The summed E-state index contributed by atoms with van der Waals surface area (Å²) in [6.45, 7) is 4.54. The predicted octanol–water partition coefficient (Wildman–Crippen LogP) is 6.14. The third-order valence-corrected chi connectivity index (χ3v) is 13.3. The average molecular weight is 785 g/mol. The van der Waals surface area contributed by atoms with Gasteiger partial charge in [0.2, 0.25) is 0 Å². The minimum absolute atomic E-state index is 0.0244. The normalized spacial score (nSPS) is 18.8. The van der Waals surface area contributed by atoms with Gasteiger partial charge in [0.1, 0.15) is 41.3 Å². The molecule has 12 rings (SSSR count). The van der Waals surface area contributed by atoms with E-state index in [-0.39, 0.29) is 22.9 Å². The van der Waals surface area contributed by atoms with Gasteiger partial charge in [0.25, 0.3) is 11.8 Å². The van der Waals surface area contributed by atoms with E-state index in [1.54, 1.807) is 18.7 Å². The van der Waals surface area contributed by atoms with Crippen LogP contribution in [-0.4, -0.2) is 107 Å². The van der Waals surface area contributed by atoms with Crippen molar-refractivity contribution in [1.82, 2.24) is 44.7 Å². The second-order valence-electron chi connectivity index (χ2n) is 16.9. The molecule has 5 aliphatic rings. The number of carbonyl (C=O) groups excluding carboxylic acids is 2. The fourth-order valence-corrected chi connectivity index (χ4v) is 9.80. The lowest BCUT2D eigenvalue weighted by Crippen LogP contribution is -2.57. The van der Waals surface area contributed by atoms with Crippen molar-refractivity contribution in [1.29, 1.82) is 5.26 Å². The van der Waals surface area contributed by atoms with Gasteiger partial charge in [-0.15, -0.1) is 0 Å². The predicted molar refractivity (Wildman–Crippen MR) is 224 cm³/mol. The molecule has 3 N–H and O–H groups in total. The number of carbonyl (C=O) groups is 2. The summed E-state index contributed by atoms with van der Waals surface area (Å²) in [5.74, 6) is 2.12. The van der Waals surface area contributed by atoms with Gasteiger partial charge in [0.05, 0.1) is 33.5 Å². The van der Waals surface area contributed by atoms with E-state index in [9.17, 15) is 9.59 Å². The quantitative estimate of drug-likeness (QED) is 0.190. The van der Waals surface area contributed by atoms with Gasteiger partial charge in [-0.1, -0.05) is 6.07 Å². The molecule has 2 amide bonds. The molecule has 0 bridgehead atoms. The van der Waals surface area contributed by atoms with Crippen LogP contribution in [0.5, 0.6) is 0 Å². The number of nitrogens with zero attached hydrogens (tertiary/aromatic N) is 9. The topological polar surface area (TPSA) is 170 Å². The maximum absolute atomic E-state index is 13.4. The Hall–Kier alpha value is -6.75. The number of anilines is 2. The first kappa shape index (κ1) is 35.4. The summed E-state index contributed by atoms with van der Waals surface area (Å²) in [5.41, 5.74) is 7.22. The fourth-order valence-electron chi connectivity index (χ4n) is 9.80. The van der Waals surface area contributed by atoms with E-state index in [4.69, 9.17) is 5.26 Å². The van der Waals surface area contributed by atoms with E-state index in [1.165, 1.54) is 24.0 Å². The largest absolute Gasteiger partial charge is 0.352 e. The van der Waals surface area contributed by atoms with Crippen LogP contribution in [0.25, 0.3) is 33.0 Å². The Kier molecular flexibility index (Phi) is 8.21. The number of H-pyrrole nitrogens is 3. The van der Waals surface area contributed by atoms with Crippen molar-refractivity contribution < 1.29 is 9.59 Å². The van der Waals surface area contributed by atoms with Gasteiger partial charge in [-0.25, -0.2) is 19.9 Å². The lowest BCUT2D eigenvalue weighted by molar-refractivity contribution is 0.0613. The number of nitrogens with one attached hydrogen (secondary N) is 3. The van der Waals surface area contributed by atoms with Crippen molar-refractivity contribution in [3.05, 3.63) is 108 Å². The number of aromatic nitrogens is 7. The van der Waals surface area contributed by atoms with Gasteiger partial charge in [-0.3, -0.25) is 9.59 Å². The molecule has 59 heavy (non-hydrogen) atoms. The van der Waals surface area contributed by atoms with E-state index in [0.29, 0.717) is 17.8 Å². The van der Waals surface area contributed by atoms with Crippen LogP contribution in [0.2, 0.25) is 0 Å². The van der Waals surface area contributed by atoms with E-state index >= 15 is 0 Å². The second kappa shape index (κ2) is 13.7. The fraction of sp³-hybridized carbons (Fsp3) is 0.356. The maximum atomic E-state index is 13.4.